The molecule has 18 aromatic rings. The van der Waals surface area contributed by atoms with Crippen molar-refractivity contribution in [1.82, 2.24) is 18.7 Å². The molecule has 0 aliphatic heterocycles. The van der Waals surface area contributed by atoms with E-state index < -0.39 is 0 Å². The van der Waals surface area contributed by atoms with Crippen LogP contribution < -0.4 is 0 Å². The number of fused-ring (bicyclic) bond motifs is 10. The lowest BCUT2D eigenvalue weighted by atomic mass is 9.98. The third-order valence-corrected chi connectivity index (χ3v) is 20.1. The van der Waals surface area contributed by atoms with Crippen molar-refractivity contribution in [2.24, 2.45) is 0 Å². The fraction of sp³-hybridized carbons (Fsp3) is 0.0225. The fourth-order valence-electron chi connectivity index (χ4n) is 13.9. The van der Waals surface area contributed by atoms with Gasteiger partial charge in [-0.05, 0) is 188 Å². The van der Waals surface area contributed by atoms with Gasteiger partial charge in [0, 0.05) is 74.9 Å². The quantitative estimate of drug-likeness (QED) is 0.142. The Labute approximate surface area is 583 Å². The smallest absolute Gasteiger partial charge is 0.0645 e. The summed E-state index contributed by atoms with van der Waals surface area (Å²) in [6.45, 7) is 3.18. The van der Waals surface area contributed by atoms with Gasteiger partial charge in [0.1, 0.15) is 0 Å². The highest BCUT2D eigenvalue weighted by atomic mass is 79.9. The first-order valence-corrected chi connectivity index (χ1v) is 34.7. The van der Waals surface area contributed by atoms with Crippen LogP contribution in [0.4, 0.5) is 0 Å². The number of aryl methyl sites for hydroxylation is 1. The molecular weight excluding hydrogens is 1360 g/mol. The number of rotatable bonds is 9. The number of pyridine rings is 1. The second-order valence-electron chi connectivity index (χ2n) is 24.1. The molecule has 0 aliphatic carbocycles. The summed E-state index contributed by atoms with van der Waals surface area (Å²) >= 11 is 10.6. The summed E-state index contributed by atoms with van der Waals surface area (Å²) in [6, 6.07) is 118. The van der Waals surface area contributed by atoms with Gasteiger partial charge < -0.3 is 13.7 Å². The molecule has 458 valence electrons. The minimum atomic E-state index is 0.965. The number of nitrogens with zero attached hydrogens (tertiary/aromatic N) is 4. The van der Waals surface area contributed by atoms with Crippen molar-refractivity contribution < 1.29 is 0 Å². The van der Waals surface area contributed by atoms with Crippen molar-refractivity contribution in [3.8, 4) is 78.1 Å². The van der Waals surface area contributed by atoms with Crippen molar-refractivity contribution in [3.63, 3.8) is 0 Å². The normalized spacial score (nSPS) is 11.4. The Bertz CT molecular complexity index is 5900. The standard InChI is InChI=1S/C34H22BrN.C29H19BrN2.C26H20BrN/c35-28-18-15-23(16-19-28)25-9-5-10-26(21-25)27-17-20-31-30-12-3-4-13-33(30)36(34(31)22-27)32-14-6-8-24-7-1-2-11-29(24)32;30-24-13-10-20(11-14-24)21-5-3-6-22(17-21)23-12-15-27-26-8-1-2-9-28(26)32(29(27)18-23)25-7-4-16-31-19-25;1-2-28-25-9-4-3-8-23(25)24-15-12-21(17-26(24)28)20-7-5-6-19(16-20)18-10-13-22(27)14-11-18/h1-22H;1-19H;3-17H,2H2,1H3. The molecular formula is C89H61Br3N4. The molecule has 0 amide bonds. The van der Waals surface area contributed by atoms with Gasteiger partial charge in [-0.1, -0.05) is 266 Å². The molecule has 4 nitrogen and oxygen atoms in total. The zero-order valence-electron chi connectivity index (χ0n) is 52.5. The summed E-state index contributed by atoms with van der Waals surface area (Å²) < 4.78 is 10.4. The molecule has 18 rings (SSSR count). The Balaban J connectivity index is 0.000000114. The molecule has 0 spiro atoms. The van der Waals surface area contributed by atoms with Crippen LogP contribution in [0.1, 0.15) is 6.92 Å². The lowest BCUT2D eigenvalue weighted by Gasteiger charge is -2.12. The zero-order chi connectivity index (χ0) is 64.6. The highest BCUT2D eigenvalue weighted by Gasteiger charge is 2.18. The number of benzene rings is 14. The molecule has 96 heavy (non-hydrogen) atoms. The highest BCUT2D eigenvalue weighted by molar-refractivity contribution is 9.11. The first-order valence-electron chi connectivity index (χ1n) is 32.3. The molecule has 0 fully saturated rings. The summed E-state index contributed by atoms with van der Waals surface area (Å²) in [7, 11) is 0. The summed E-state index contributed by atoms with van der Waals surface area (Å²) in [5, 5.41) is 10.2. The van der Waals surface area contributed by atoms with Crippen molar-refractivity contribution in [3.05, 3.63) is 353 Å². The molecule has 0 radical (unpaired) electrons. The number of aromatic nitrogens is 4. The average Bonchev–Trinajstić information content (AvgIpc) is 1.60. The van der Waals surface area contributed by atoms with Crippen molar-refractivity contribution >= 4 is 124 Å². The first-order chi connectivity index (χ1) is 47.3. The van der Waals surface area contributed by atoms with E-state index >= 15 is 0 Å². The van der Waals surface area contributed by atoms with Crippen molar-refractivity contribution in [2.75, 3.05) is 0 Å². The predicted octanol–water partition coefficient (Wildman–Crippen LogP) is 26.2. The minimum Gasteiger partial charge on any atom is -0.341 e. The SMILES string of the molecule is Brc1ccc(-c2cccc(-c3ccc4c5ccccc5n(-c5cccc6ccccc56)c4c3)c2)cc1.Brc1ccc(-c2cccc(-c3ccc4c5ccccc5n(-c5cccnc5)c4c3)c2)cc1.CCn1c2ccccc2c2ccc(-c3cccc(-c4ccc(Br)cc4)c3)cc21. The monoisotopic (exact) mass is 1420 g/mol. The maximum absolute atomic E-state index is 4.36. The lowest BCUT2D eigenvalue weighted by Crippen LogP contribution is -1.95. The van der Waals surface area contributed by atoms with Crippen LogP contribution in [0, 0.1) is 0 Å². The third-order valence-electron chi connectivity index (χ3n) is 18.5. The van der Waals surface area contributed by atoms with E-state index in [9.17, 15) is 0 Å². The number of halogens is 3. The van der Waals surface area contributed by atoms with E-state index in [1.807, 2.05) is 18.5 Å². The molecule has 7 heteroatoms. The Morgan fingerprint density at radius 2 is 0.604 bits per heavy atom. The molecule has 0 bridgehead atoms. The Morgan fingerprint density at radius 3 is 1.07 bits per heavy atom. The number of hydrogen-bond acceptors (Lipinski definition) is 1. The van der Waals surface area contributed by atoms with Crippen molar-refractivity contribution in [1.29, 1.82) is 0 Å². The Kier molecular flexibility index (Phi) is 16.5. The van der Waals surface area contributed by atoms with Gasteiger partial charge in [0.25, 0.3) is 0 Å². The van der Waals surface area contributed by atoms with E-state index in [1.54, 1.807) is 0 Å². The largest absolute Gasteiger partial charge is 0.341 e. The maximum Gasteiger partial charge on any atom is 0.0645 e. The van der Waals surface area contributed by atoms with E-state index in [4.69, 9.17) is 0 Å². The molecule has 4 aromatic heterocycles. The summed E-state index contributed by atoms with van der Waals surface area (Å²) in [4.78, 5) is 4.36. The molecule has 4 heterocycles. The van der Waals surface area contributed by atoms with Gasteiger partial charge in [0.05, 0.1) is 39.6 Å². The second-order valence-corrected chi connectivity index (χ2v) is 26.9. The van der Waals surface area contributed by atoms with Crippen LogP contribution in [0.25, 0.3) is 154 Å². The summed E-state index contributed by atoms with van der Waals surface area (Å²) in [6.07, 6.45) is 3.74. The molecule has 0 aliphatic rings. The molecule has 0 atom stereocenters. The topological polar surface area (TPSA) is 27.7 Å². The minimum absolute atomic E-state index is 0.965. The predicted molar refractivity (Wildman–Crippen MR) is 418 cm³/mol. The van der Waals surface area contributed by atoms with Gasteiger partial charge >= 0.3 is 0 Å². The van der Waals surface area contributed by atoms with Gasteiger partial charge in [0.15, 0.2) is 0 Å². The summed E-state index contributed by atoms with van der Waals surface area (Å²) in [5.41, 5.74) is 24.4. The van der Waals surface area contributed by atoms with Crippen molar-refractivity contribution in [2.45, 2.75) is 13.5 Å². The number of hydrogen-bond donors (Lipinski definition) is 0. The van der Waals surface area contributed by atoms with E-state index in [0.29, 0.717) is 0 Å². The fourth-order valence-corrected chi connectivity index (χ4v) is 14.7. The zero-order valence-corrected chi connectivity index (χ0v) is 57.2. The van der Waals surface area contributed by atoms with Gasteiger partial charge in [-0.2, -0.15) is 0 Å². The van der Waals surface area contributed by atoms with E-state index in [-0.39, 0.29) is 0 Å². The van der Waals surface area contributed by atoms with E-state index in [0.717, 1.165) is 25.7 Å². The lowest BCUT2D eigenvalue weighted by molar-refractivity contribution is 0.827. The molecule has 0 unspecified atom stereocenters. The summed E-state index contributed by atoms with van der Waals surface area (Å²) in [5.74, 6) is 0. The maximum atomic E-state index is 4.36. The Morgan fingerprint density at radius 1 is 0.260 bits per heavy atom. The first kappa shape index (κ1) is 60.3. The second kappa shape index (κ2) is 26.3. The Hall–Kier alpha value is -10.7. The van der Waals surface area contributed by atoms with Crippen LogP contribution in [-0.4, -0.2) is 18.7 Å². The van der Waals surface area contributed by atoms with Crippen LogP contribution >= 0.6 is 47.8 Å². The van der Waals surface area contributed by atoms with Gasteiger partial charge in [-0.15, -0.1) is 0 Å². The van der Waals surface area contributed by atoms with Crippen LogP contribution in [0.5, 0.6) is 0 Å². The molecule has 0 saturated carbocycles. The van der Waals surface area contributed by atoms with Crippen LogP contribution in [0.2, 0.25) is 0 Å². The number of para-hydroxylation sites is 3. The highest BCUT2D eigenvalue weighted by Crippen LogP contribution is 2.40. The average molecular weight is 1430 g/mol. The van der Waals surface area contributed by atoms with Gasteiger partial charge in [-0.25, -0.2) is 0 Å². The van der Waals surface area contributed by atoms with Crippen LogP contribution in [0.15, 0.2) is 353 Å². The molecule has 0 N–H and O–H groups in total. The van der Waals surface area contributed by atoms with Crippen LogP contribution in [-0.2, 0) is 6.54 Å². The van der Waals surface area contributed by atoms with Gasteiger partial charge in [0.2, 0.25) is 0 Å². The van der Waals surface area contributed by atoms with E-state index in [2.05, 4.69) is 395 Å². The van der Waals surface area contributed by atoms with Gasteiger partial charge in [-0.3, -0.25) is 4.98 Å². The van der Waals surface area contributed by atoms with Crippen LogP contribution in [0.3, 0.4) is 0 Å². The molecule has 14 aromatic carbocycles. The molecule has 0 saturated heterocycles. The van der Waals surface area contributed by atoms with E-state index in [1.165, 1.54) is 149 Å². The third kappa shape index (κ3) is 11.6.